The number of nitriles is 1. The molecule has 7 aromatic rings. The minimum Gasteiger partial charge on any atom is -0.299 e. The van der Waals surface area contributed by atoms with Crippen molar-refractivity contribution in [2.75, 3.05) is 0 Å². The van der Waals surface area contributed by atoms with Crippen LogP contribution in [0.2, 0.25) is 0 Å². The van der Waals surface area contributed by atoms with Crippen LogP contribution in [-0.4, -0.2) is 19.2 Å². The van der Waals surface area contributed by atoms with Crippen molar-refractivity contribution in [1.82, 2.24) is 19.2 Å². The first-order valence-electron chi connectivity index (χ1n) is 15.9. The van der Waals surface area contributed by atoms with Gasteiger partial charge in [-0.25, -0.2) is 9.37 Å². The lowest BCUT2D eigenvalue weighted by molar-refractivity contribution is 0.293. The standard InChI is InChI=1S/C42H30FN5/c43-37-23-20-32(21-24-37)41-38(33-22-25-40-45-27-39(47(40)28-33)31-18-16-30(26-44)17-19-31)29-48(46-41)42(34-10-4-1-5-11-34,35-12-6-2-7-13-35)36-14-8-3-9-15-36/h1-14,16-25,27-29,36H,15H2. The molecule has 3 aromatic heterocycles. The van der Waals surface area contributed by atoms with Crippen molar-refractivity contribution < 1.29 is 4.39 Å². The van der Waals surface area contributed by atoms with Crippen LogP contribution in [0.3, 0.4) is 0 Å². The molecule has 1 unspecified atom stereocenters. The molecule has 3 heterocycles. The summed E-state index contributed by atoms with van der Waals surface area (Å²) in [6.07, 6.45) is 15.6. The first-order chi connectivity index (χ1) is 23.6. The van der Waals surface area contributed by atoms with Gasteiger partial charge in [-0.15, -0.1) is 0 Å². The molecule has 5 nitrogen and oxygen atoms in total. The Balaban J connectivity index is 1.39. The van der Waals surface area contributed by atoms with Crippen molar-refractivity contribution in [3.8, 4) is 39.7 Å². The fraction of sp³-hybridized carbons (Fsp3) is 0.0714. The van der Waals surface area contributed by atoms with Crippen LogP contribution in [0.4, 0.5) is 4.39 Å². The Kier molecular flexibility index (Phi) is 7.35. The van der Waals surface area contributed by atoms with Crippen molar-refractivity contribution in [2.45, 2.75) is 12.0 Å². The molecule has 230 valence electrons. The summed E-state index contributed by atoms with van der Waals surface area (Å²) in [5.74, 6) is -0.242. The van der Waals surface area contributed by atoms with Crippen molar-refractivity contribution in [3.63, 3.8) is 0 Å². The number of fused-ring (bicyclic) bond motifs is 1. The number of pyridine rings is 1. The first kappa shape index (κ1) is 29.1. The van der Waals surface area contributed by atoms with Crippen LogP contribution in [-0.2, 0) is 5.54 Å². The molecule has 1 atom stereocenters. The highest BCUT2D eigenvalue weighted by atomic mass is 19.1. The largest absolute Gasteiger partial charge is 0.299 e. The lowest BCUT2D eigenvalue weighted by Crippen LogP contribution is -2.43. The Morgan fingerprint density at radius 2 is 1.40 bits per heavy atom. The Labute approximate surface area is 278 Å². The minimum absolute atomic E-state index is 0.0558. The molecule has 4 aromatic carbocycles. The van der Waals surface area contributed by atoms with Crippen molar-refractivity contribution in [2.24, 2.45) is 5.92 Å². The lowest BCUT2D eigenvalue weighted by Gasteiger charge is -2.41. The van der Waals surface area contributed by atoms with E-state index in [-0.39, 0.29) is 11.7 Å². The van der Waals surface area contributed by atoms with E-state index >= 15 is 0 Å². The van der Waals surface area contributed by atoms with Crippen LogP contribution in [0.15, 0.2) is 164 Å². The van der Waals surface area contributed by atoms with Gasteiger partial charge in [0.15, 0.2) is 0 Å². The number of hydrogen-bond donors (Lipinski definition) is 0. The lowest BCUT2D eigenvalue weighted by atomic mass is 9.70. The second-order valence-corrected chi connectivity index (χ2v) is 12.0. The smallest absolute Gasteiger partial charge is 0.137 e. The summed E-state index contributed by atoms with van der Waals surface area (Å²) in [5, 5.41) is 14.7. The molecule has 0 bridgehead atoms. The normalized spacial score (nSPS) is 14.3. The van der Waals surface area contributed by atoms with E-state index < -0.39 is 5.54 Å². The summed E-state index contributed by atoms with van der Waals surface area (Å²) in [5.41, 5.74) is 8.24. The molecule has 0 fully saturated rings. The highest BCUT2D eigenvalue weighted by Gasteiger charge is 2.44. The quantitative estimate of drug-likeness (QED) is 0.178. The molecule has 0 amide bonds. The summed E-state index contributed by atoms with van der Waals surface area (Å²) < 4.78 is 18.4. The monoisotopic (exact) mass is 623 g/mol. The van der Waals surface area contributed by atoms with Crippen LogP contribution in [0.1, 0.15) is 23.1 Å². The van der Waals surface area contributed by atoms with Gasteiger partial charge in [-0.2, -0.15) is 10.4 Å². The molecule has 8 rings (SSSR count). The van der Waals surface area contributed by atoms with Gasteiger partial charge >= 0.3 is 0 Å². The number of rotatable bonds is 7. The summed E-state index contributed by atoms with van der Waals surface area (Å²) in [4.78, 5) is 4.67. The molecule has 0 radical (unpaired) electrons. The van der Waals surface area contributed by atoms with Gasteiger partial charge in [-0.3, -0.25) is 9.08 Å². The summed E-state index contributed by atoms with van der Waals surface area (Å²) in [6.45, 7) is 0. The van der Waals surface area contributed by atoms with Crippen molar-refractivity contribution >= 4 is 5.65 Å². The second-order valence-electron chi connectivity index (χ2n) is 12.0. The molecular formula is C42H30FN5. The summed E-state index contributed by atoms with van der Waals surface area (Å²) in [6, 6.07) is 41.5. The number of aromatic nitrogens is 4. The van der Waals surface area contributed by atoms with Crippen LogP contribution in [0, 0.1) is 23.1 Å². The number of halogens is 1. The van der Waals surface area contributed by atoms with Gasteiger partial charge in [0.2, 0.25) is 0 Å². The average Bonchev–Trinajstić information content (AvgIpc) is 3.79. The number of benzene rings is 4. The number of imidazole rings is 1. The average molecular weight is 624 g/mol. The molecule has 1 aliphatic carbocycles. The van der Waals surface area contributed by atoms with Crippen molar-refractivity contribution in [1.29, 1.82) is 5.26 Å². The maximum Gasteiger partial charge on any atom is 0.137 e. The van der Waals surface area contributed by atoms with Crippen LogP contribution in [0.5, 0.6) is 0 Å². The Morgan fingerprint density at radius 3 is 2.04 bits per heavy atom. The molecule has 0 aliphatic heterocycles. The third-order valence-corrected chi connectivity index (χ3v) is 9.26. The number of nitrogens with zero attached hydrogens (tertiary/aromatic N) is 5. The van der Waals surface area contributed by atoms with Gasteiger partial charge in [0.05, 0.1) is 23.5 Å². The summed E-state index contributed by atoms with van der Waals surface area (Å²) in [7, 11) is 0. The molecule has 0 N–H and O–H groups in total. The Morgan fingerprint density at radius 1 is 0.729 bits per heavy atom. The zero-order valence-electron chi connectivity index (χ0n) is 26.0. The topological polar surface area (TPSA) is 58.9 Å². The van der Waals surface area contributed by atoms with Crippen LogP contribution >= 0.6 is 0 Å². The molecule has 6 heteroatoms. The van der Waals surface area contributed by atoms with Crippen LogP contribution in [0.25, 0.3) is 39.3 Å². The van der Waals surface area contributed by atoms with Gasteiger partial charge in [-0.05, 0) is 66.1 Å². The predicted molar refractivity (Wildman–Crippen MR) is 187 cm³/mol. The fourth-order valence-electron chi connectivity index (χ4n) is 6.96. The summed E-state index contributed by atoms with van der Waals surface area (Å²) >= 11 is 0. The molecule has 0 saturated carbocycles. The van der Waals surface area contributed by atoms with Gasteiger partial charge in [-0.1, -0.05) is 97.1 Å². The molecule has 1 aliphatic rings. The minimum atomic E-state index is -0.691. The Bertz CT molecular complexity index is 2280. The van der Waals surface area contributed by atoms with Gasteiger partial charge in [0.1, 0.15) is 22.7 Å². The van der Waals surface area contributed by atoms with E-state index in [9.17, 15) is 9.65 Å². The van der Waals surface area contributed by atoms with E-state index in [0.29, 0.717) is 5.56 Å². The van der Waals surface area contributed by atoms with E-state index in [1.54, 1.807) is 12.1 Å². The highest BCUT2D eigenvalue weighted by Crippen LogP contribution is 2.46. The molecule has 48 heavy (non-hydrogen) atoms. The third kappa shape index (κ3) is 4.94. The number of hydrogen-bond acceptors (Lipinski definition) is 3. The fourth-order valence-corrected chi connectivity index (χ4v) is 6.96. The van der Waals surface area contributed by atoms with E-state index in [4.69, 9.17) is 5.10 Å². The zero-order chi connectivity index (χ0) is 32.5. The van der Waals surface area contributed by atoms with Crippen molar-refractivity contribution in [3.05, 3.63) is 187 Å². The highest BCUT2D eigenvalue weighted by molar-refractivity contribution is 5.81. The third-order valence-electron chi connectivity index (χ3n) is 9.26. The maximum atomic E-state index is 14.2. The molecular weight excluding hydrogens is 593 g/mol. The van der Waals surface area contributed by atoms with Gasteiger partial charge in [0.25, 0.3) is 0 Å². The predicted octanol–water partition coefficient (Wildman–Crippen LogP) is 9.47. The van der Waals surface area contributed by atoms with E-state index in [1.165, 1.54) is 12.1 Å². The van der Waals surface area contributed by atoms with Gasteiger partial charge in [0, 0.05) is 40.6 Å². The molecule has 0 saturated heterocycles. The first-order valence-corrected chi connectivity index (χ1v) is 15.9. The van der Waals surface area contributed by atoms with Gasteiger partial charge < -0.3 is 0 Å². The molecule has 0 spiro atoms. The SMILES string of the molecule is N#Cc1ccc(-c2cnc3ccc(-c4cn(C(c5ccccc5)(c5ccccc5)C5C=CC=CC5)nc4-c4ccc(F)cc4)cn23)cc1. The van der Waals surface area contributed by atoms with E-state index in [2.05, 4.69) is 111 Å². The second kappa shape index (κ2) is 12.1. The zero-order valence-corrected chi connectivity index (χ0v) is 26.0. The maximum absolute atomic E-state index is 14.2. The number of allylic oxidation sites excluding steroid dienone is 4. The Hall–Kier alpha value is -6.32. The van der Waals surface area contributed by atoms with E-state index in [1.807, 2.05) is 48.7 Å². The van der Waals surface area contributed by atoms with Crippen LogP contribution < -0.4 is 0 Å². The van der Waals surface area contributed by atoms with E-state index in [0.717, 1.165) is 56.8 Å².